The van der Waals surface area contributed by atoms with Gasteiger partial charge in [-0.25, -0.2) is 4.98 Å². The van der Waals surface area contributed by atoms with Crippen molar-refractivity contribution < 1.29 is 9.15 Å². The molecule has 0 bridgehead atoms. The van der Waals surface area contributed by atoms with Gasteiger partial charge >= 0.3 is 0 Å². The van der Waals surface area contributed by atoms with Gasteiger partial charge in [0.25, 0.3) is 0 Å². The highest BCUT2D eigenvalue weighted by Gasteiger charge is 2.08. The Morgan fingerprint density at radius 1 is 1.44 bits per heavy atom. The Balaban J connectivity index is 1.98. The van der Waals surface area contributed by atoms with Crippen molar-refractivity contribution in [3.05, 3.63) is 24.1 Å². The minimum absolute atomic E-state index is 0.693. The van der Waals surface area contributed by atoms with Crippen LogP contribution in [-0.2, 0) is 11.3 Å². The summed E-state index contributed by atoms with van der Waals surface area (Å²) in [6, 6.07) is 5.51. The molecular formula is C13H19N3O2. The van der Waals surface area contributed by atoms with Crippen LogP contribution in [0.4, 0.5) is 5.69 Å². The highest BCUT2D eigenvalue weighted by Crippen LogP contribution is 2.19. The van der Waals surface area contributed by atoms with E-state index in [1.807, 2.05) is 19.2 Å². The SMILES string of the molecule is COCCCN(C)Cc1nc2ccc(N)cc2o1. The van der Waals surface area contributed by atoms with E-state index < -0.39 is 0 Å². The smallest absolute Gasteiger partial charge is 0.209 e. The van der Waals surface area contributed by atoms with Gasteiger partial charge in [-0.05, 0) is 25.6 Å². The van der Waals surface area contributed by atoms with Crippen molar-refractivity contribution in [1.82, 2.24) is 9.88 Å². The number of nitrogens with two attached hydrogens (primary N) is 1. The number of fused-ring (bicyclic) bond motifs is 1. The van der Waals surface area contributed by atoms with E-state index in [-0.39, 0.29) is 0 Å². The van der Waals surface area contributed by atoms with Gasteiger partial charge in [0.2, 0.25) is 5.89 Å². The van der Waals surface area contributed by atoms with E-state index in [1.165, 1.54) is 0 Å². The Hall–Kier alpha value is -1.59. The lowest BCUT2D eigenvalue weighted by atomic mass is 10.3. The van der Waals surface area contributed by atoms with Crippen LogP contribution in [0, 0.1) is 0 Å². The Bertz CT molecular complexity index is 510. The molecule has 5 heteroatoms. The molecule has 0 atom stereocenters. The molecule has 0 radical (unpaired) electrons. The molecule has 0 amide bonds. The third kappa shape index (κ3) is 3.21. The number of benzene rings is 1. The lowest BCUT2D eigenvalue weighted by Gasteiger charge is -2.13. The van der Waals surface area contributed by atoms with E-state index in [0.717, 1.165) is 36.6 Å². The Morgan fingerprint density at radius 2 is 2.28 bits per heavy atom. The zero-order chi connectivity index (χ0) is 13.0. The highest BCUT2D eigenvalue weighted by atomic mass is 16.5. The largest absolute Gasteiger partial charge is 0.439 e. The van der Waals surface area contributed by atoms with Crippen molar-refractivity contribution in [3.63, 3.8) is 0 Å². The van der Waals surface area contributed by atoms with Crippen LogP contribution in [0.3, 0.4) is 0 Å². The minimum atomic E-state index is 0.693. The summed E-state index contributed by atoms with van der Waals surface area (Å²) in [6.07, 6.45) is 1.00. The van der Waals surface area contributed by atoms with Crippen molar-refractivity contribution in [3.8, 4) is 0 Å². The van der Waals surface area contributed by atoms with Crippen molar-refractivity contribution in [2.75, 3.05) is 33.0 Å². The van der Waals surface area contributed by atoms with Crippen molar-refractivity contribution in [2.45, 2.75) is 13.0 Å². The molecule has 0 aliphatic heterocycles. The summed E-state index contributed by atoms with van der Waals surface area (Å²) >= 11 is 0. The monoisotopic (exact) mass is 249 g/mol. The number of nitrogen functional groups attached to an aromatic ring is 1. The number of hydrogen-bond acceptors (Lipinski definition) is 5. The fourth-order valence-electron chi connectivity index (χ4n) is 1.85. The zero-order valence-corrected chi connectivity index (χ0v) is 10.8. The van der Waals surface area contributed by atoms with Gasteiger partial charge in [-0.2, -0.15) is 0 Å². The lowest BCUT2D eigenvalue weighted by molar-refractivity contribution is 0.175. The number of methoxy groups -OCH3 is 1. The first-order chi connectivity index (χ1) is 8.69. The second kappa shape index (κ2) is 5.84. The average molecular weight is 249 g/mol. The van der Waals surface area contributed by atoms with Crippen molar-refractivity contribution in [2.24, 2.45) is 0 Å². The van der Waals surface area contributed by atoms with Crippen LogP contribution in [0.1, 0.15) is 12.3 Å². The molecule has 2 aromatic rings. The van der Waals surface area contributed by atoms with Gasteiger partial charge in [-0.15, -0.1) is 0 Å². The number of oxazole rings is 1. The molecule has 0 saturated carbocycles. The molecule has 98 valence electrons. The Kier molecular flexibility index (Phi) is 4.17. The summed E-state index contributed by atoms with van der Waals surface area (Å²) in [5.41, 5.74) is 7.99. The Morgan fingerprint density at radius 3 is 3.06 bits per heavy atom. The molecule has 2 rings (SSSR count). The number of rotatable bonds is 6. The fraction of sp³-hybridized carbons (Fsp3) is 0.462. The predicted molar refractivity (Wildman–Crippen MR) is 71.2 cm³/mol. The molecule has 5 nitrogen and oxygen atoms in total. The maximum Gasteiger partial charge on any atom is 0.209 e. The van der Waals surface area contributed by atoms with Crippen LogP contribution in [0.5, 0.6) is 0 Å². The summed E-state index contributed by atoms with van der Waals surface area (Å²) < 4.78 is 10.7. The molecule has 18 heavy (non-hydrogen) atoms. The predicted octanol–water partition coefficient (Wildman–Crippen LogP) is 1.88. The molecule has 0 unspecified atom stereocenters. The number of ether oxygens (including phenoxy) is 1. The first kappa shape index (κ1) is 12.9. The fourth-order valence-corrected chi connectivity index (χ4v) is 1.85. The molecule has 0 saturated heterocycles. The first-order valence-corrected chi connectivity index (χ1v) is 6.01. The molecule has 0 aliphatic carbocycles. The van der Waals surface area contributed by atoms with Crippen LogP contribution in [0.2, 0.25) is 0 Å². The zero-order valence-electron chi connectivity index (χ0n) is 10.8. The summed E-state index contributed by atoms with van der Waals surface area (Å²) in [6.45, 7) is 2.42. The topological polar surface area (TPSA) is 64.5 Å². The van der Waals surface area contributed by atoms with Gasteiger partial charge in [0, 0.05) is 32.0 Å². The Labute approximate surface area is 107 Å². The van der Waals surface area contributed by atoms with Gasteiger partial charge in [-0.1, -0.05) is 0 Å². The number of nitrogens with zero attached hydrogens (tertiary/aromatic N) is 2. The van der Waals surface area contributed by atoms with E-state index in [0.29, 0.717) is 12.2 Å². The molecule has 0 spiro atoms. The summed E-state index contributed by atoms with van der Waals surface area (Å²) in [4.78, 5) is 6.59. The standard InChI is InChI=1S/C13H19N3O2/c1-16(6-3-7-17-2)9-13-15-11-5-4-10(14)8-12(11)18-13/h4-5,8H,3,6-7,9,14H2,1-2H3. The number of aromatic nitrogens is 1. The molecule has 2 N–H and O–H groups in total. The normalized spacial score (nSPS) is 11.5. The van der Waals surface area contributed by atoms with Crippen LogP contribution in [0.15, 0.2) is 22.6 Å². The van der Waals surface area contributed by atoms with Crippen LogP contribution >= 0.6 is 0 Å². The molecular weight excluding hydrogens is 230 g/mol. The van der Waals surface area contributed by atoms with E-state index in [1.54, 1.807) is 13.2 Å². The summed E-state index contributed by atoms with van der Waals surface area (Å²) in [5, 5.41) is 0. The molecule has 1 heterocycles. The number of anilines is 1. The van der Waals surface area contributed by atoms with E-state index in [4.69, 9.17) is 14.9 Å². The third-order valence-corrected chi connectivity index (χ3v) is 2.75. The maximum absolute atomic E-state index is 5.70. The van der Waals surface area contributed by atoms with Crippen LogP contribution in [-0.4, -0.2) is 37.2 Å². The maximum atomic E-state index is 5.70. The third-order valence-electron chi connectivity index (χ3n) is 2.75. The lowest BCUT2D eigenvalue weighted by Crippen LogP contribution is -2.20. The summed E-state index contributed by atoms with van der Waals surface area (Å²) in [5.74, 6) is 0.718. The summed E-state index contributed by atoms with van der Waals surface area (Å²) in [7, 11) is 3.75. The van der Waals surface area contributed by atoms with Crippen molar-refractivity contribution in [1.29, 1.82) is 0 Å². The number of hydrogen-bond donors (Lipinski definition) is 1. The van der Waals surface area contributed by atoms with Gasteiger partial charge in [0.1, 0.15) is 5.52 Å². The van der Waals surface area contributed by atoms with Crippen LogP contribution < -0.4 is 5.73 Å². The van der Waals surface area contributed by atoms with Gasteiger partial charge < -0.3 is 14.9 Å². The quantitative estimate of drug-likeness (QED) is 0.625. The molecule has 1 aromatic heterocycles. The van der Waals surface area contributed by atoms with E-state index in [2.05, 4.69) is 9.88 Å². The van der Waals surface area contributed by atoms with E-state index >= 15 is 0 Å². The van der Waals surface area contributed by atoms with Crippen LogP contribution in [0.25, 0.3) is 11.1 Å². The van der Waals surface area contributed by atoms with Gasteiger partial charge in [-0.3, -0.25) is 4.90 Å². The van der Waals surface area contributed by atoms with Gasteiger partial charge in [0.05, 0.1) is 6.54 Å². The highest BCUT2D eigenvalue weighted by molar-refractivity contribution is 5.76. The first-order valence-electron chi connectivity index (χ1n) is 6.01. The molecule has 0 aliphatic rings. The van der Waals surface area contributed by atoms with Crippen molar-refractivity contribution >= 4 is 16.8 Å². The molecule has 0 fully saturated rings. The average Bonchev–Trinajstić information content (AvgIpc) is 2.70. The second-order valence-electron chi connectivity index (χ2n) is 4.42. The second-order valence-corrected chi connectivity index (χ2v) is 4.42. The van der Waals surface area contributed by atoms with E-state index in [9.17, 15) is 0 Å². The molecule has 1 aromatic carbocycles. The van der Waals surface area contributed by atoms with Gasteiger partial charge in [0.15, 0.2) is 5.58 Å². The minimum Gasteiger partial charge on any atom is -0.439 e.